The van der Waals surface area contributed by atoms with Crippen molar-refractivity contribution < 1.29 is 14.6 Å². The molecule has 1 aromatic heterocycles. The summed E-state index contributed by atoms with van der Waals surface area (Å²) in [7, 11) is 0. The highest BCUT2D eigenvalue weighted by Crippen LogP contribution is 2.22. The van der Waals surface area contributed by atoms with Crippen molar-refractivity contribution in [2.45, 2.75) is 19.4 Å². The molecule has 1 aromatic carbocycles. The first-order valence-corrected chi connectivity index (χ1v) is 6.23. The van der Waals surface area contributed by atoms with E-state index in [1.165, 1.54) is 0 Å². The second kappa shape index (κ2) is 6.16. The lowest BCUT2D eigenvalue weighted by Gasteiger charge is -2.09. The average Bonchev–Trinajstić information content (AvgIpc) is 2.43. The van der Waals surface area contributed by atoms with Crippen molar-refractivity contribution in [3.63, 3.8) is 0 Å². The van der Waals surface area contributed by atoms with E-state index in [2.05, 4.69) is 4.98 Å². The molecule has 5 nitrogen and oxygen atoms in total. The summed E-state index contributed by atoms with van der Waals surface area (Å²) in [5.74, 6) is 0.205. The number of rotatable bonds is 5. The van der Waals surface area contributed by atoms with E-state index < -0.39 is 12.0 Å². The van der Waals surface area contributed by atoms with Crippen LogP contribution in [0, 0.1) is 6.92 Å². The highest BCUT2D eigenvalue weighted by atomic mass is 16.5. The topological polar surface area (TPSA) is 85.4 Å². The lowest BCUT2D eigenvalue weighted by atomic mass is 10.1. The minimum Gasteiger partial charge on any atom is -0.480 e. The Morgan fingerprint density at radius 3 is 2.65 bits per heavy atom. The van der Waals surface area contributed by atoms with Gasteiger partial charge in [0.15, 0.2) is 0 Å². The predicted octanol–water partition coefficient (Wildman–Crippen LogP) is 2.14. The first kappa shape index (κ1) is 14.0. The van der Waals surface area contributed by atoms with Crippen molar-refractivity contribution in [1.29, 1.82) is 0 Å². The number of aliphatic carboxylic acids is 1. The molecular weight excluding hydrogens is 256 g/mol. The monoisotopic (exact) mass is 272 g/mol. The van der Waals surface area contributed by atoms with Crippen LogP contribution in [0.15, 0.2) is 42.6 Å². The molecule has 3 N–H and O–H groups in total. The number of hydrogen-bond donors (Lipinski definition) is 2. The van der Waals surface area contributed by atoms with E-state index in [4.69, 9.17) is 15.6 Å². The van der Waals surface area contributed by atoms with E-state index in [0.29, 0.717) is 11.6 Å². The summed E-state index contributed by atoms with van der Waals surface area (Å²) in [5, 5.41) is 8.77. The summed E-state index contributed by atoms with van der Waals surface area (Å²) >= 11 is 0. The molecule has 0 aliphatic heterocycles. The summed E-state index contributed by atoms with van der Waals surface area (Å²) in [6.07, 6.45) is 1.96. The lowest BCUT2D eigenvalue weighted by molar-refractivity contribution is -0.138. The van der Waals surface area contributed by atoms with Crippen LogP contribution in [-0.4, -0.2) is 22.1 Å². The summed E-state index contributed by atoms with van der Waals surface area (Å²) in [5.41, 5.74) is 7.29. The third kappa shape index (κ3) is 3.55. The highest BCUT2D eigenvalue weighted by Gasteiger charge is 2.12. The molecule has 0 spiro atoms. The van der Waals surface area contributed by atoms with Crippen LogP contribution in [0.4, 0.5) is 0 Å². The van der Waals surface area contributed by atoms with E-state index >= 15 is 0 Å². The number of nitrogens with zero attached hydrogens (tertiary/aromatic N) is 1. The van der Waals surface area contributed by atoms with Crippen molar-refractivity contribution in [2.24, 2.45) is 5.73 Å². The fourth-order valence-electron chi connectivity index (χ4n) is 1.72. The normalized spacial score (nSPS) is 11.9. The van der Waals surface area contributed by atoms with Gasteiger partial charge in [-0.25, -0.2) is 4.98 Å². The maximum atomic E-state index is 10.7. The Balaban J connectivity index is 2.05. The Kier molecular flexibility index (Phi) is 4.32. The first-order valence-electron chi connectivity index (χ1n) is 6.23. The molecule has 104 valence electrons. The summed E-state index contributed by atoms with van der Waals surface area (Å²) < 4.78 is 5.66. The molecule has 0 amide bonds. The van der Waals surface area contributed by atoms with Crippen LogP contribution in [0.1, 0.15) is 11.1 Å². The maximum absolute atomic E-state index is 10.7. The molecule has 20 heavy (non-hydrogen) atoms. The number of ether oxygens (including phenoxy) is 1. The summed E-state index contributed by atoms with van der Waals surface area (Å²) in [6.45, 7) is 1.92. The van der Waals surface area contributed by atoms with Gasteiger partial charge in [0.05, 0.1) is 0 Å². The number of pyridine rings is 1. The molecule has 0 radical (unpaired) electrons. The van der Waals surface area contributed by atoms with E-state index in [1.807, 2.05) is 19.1 Å². The quantitative estimate of drug-likeness (QED) is 0.871. The maximum Gasteiger partial charge on any atom is 0.320 e. The molecule has 0 fully saturated rings. The van der Waals surface area contributed by atoms with Crippen molar-refractivity contribution in [2.75, 3.05) is 0 Å². The average molecular weight is 272 g/mol. The second-order valence-corrected chi connectivity index (χ2v) is 4.52. The van der Waals surface area contributed by atoms with Gasteiger partial charge >= 0.3 is 5.97 Å². The van der Waals surface area contributed by atoms with Gasteiger partial charge < -0.3 is 15.6 Å². The molecule has 2 rings (SSSR count). The highest BCUT2D eigenvalue weighted by molar-refractivity contribution is 5.73. The number of carbonyl (C=O) groups is 1. The predicted molar refractivity (Wildman–Crippen MR) is 74.8 cm³/mol. The number of hydrogen-bond acceptors (Lipinski definition) is 4. The molecule has 0 aliphatic rings. The van der Waals surface area contributed by atoms with Crippen LogP contribution in [0.2, 0.25) is 0 Å². The third-order valence-electron chi connectivity index (χ3n) is 2.87. The van der Waals surface area contributed by atoms with E-state index in [1.54, 1.807) is 30.5 Å². The largest absolute Gasteiger partial charge is 0.480 e. The van der Waals surface area contributed by atoms with Crippen LogP contribution in [0.25, 0.3) is 0 Å². The molecule has 0 aliphatic carbocycles. The van der Waals surface area contributed by atoms with E-state index in [0.717, 1.165) is 11.1 Å². The minimum absolute atomic E-state index is 0.290. The van der Waals surface area contributed by atoms with Crippen molar-refractivity contribution in [3.8, 4) is 11.6 Å². The Hall–Kier alpha value is -2.40. The molecule has 0 bridgehead atoms. The number of carboxylic acid groups (broad SMARTS) is 1. The first-order chi connectivity index (χ1) is 9.56. The van der Waals surface area contributed by atoms with Crippen LogP contribution < -0.4 is 10.5 Å². The molecule has 0 saturated carbocycles. The molecular formula is C15H16N2O3. The van der Waals surface area contributed by atoms with Crippen LogP contribution in [0.3, 0.4) is 0 Å². The Bertz CT molecular complexity index is 596. The van der Waals surface area contributed by atoms with Gasteiger partial charge in [0.2, 0.25) is 5.88 Å². The number of aromatic nitrogens is 1. The Morgan fingerprint density at radius 1 is 1.35 bits per heavy atom. The fourth-order valence-corrected chi connectivity index (χ4v) is 1.72. The van der Waals surface area contributed by atoms with Gasteiger partial charge in [0.1, 0.15) is 11.8 Å². The summed E-state index contributed by atoms with van der Waals surface area (Å²) in [4.78, 5) is 14.8. The van der Waals surface area contributed by atoms with Gasteiger partial charge in [-0.15, -0.1) is 0 Å². The Labute approximate surface area is 117 Å². The van der Waals surface area contributed by atoms with E-state index in [-0.39, 0.29) is 6.42 Å². The standard InChI is InChI=1S/C15H16N2O3/c1-10-3-2-8-17-14(10)20-12-6-4-11(5-7-12)9-13(16)15(18)19/h2-8,13H,9,16H2,1H3,(H,18,19). The molecule has 1 atom stereocenters. The molecule has 0 saturated heterocycles. The lowest BCUT2D eigenvalue weighted by Crippen LogP contribution is -2.32. The van der Waals surface area contributed by atoms with Crippen molar-refractivity contribution in [3.05, 3.63) is 53.7 Å². The number of carboxylic acids is 1. The molecule has 5 heteroatoms. The number of nitrogens with two attached hydrogens (primary N) is 1. The fraction of sp³-hybridized carbons (Fsp3) is 0.200. The van der Waals surface area contributed by atoms with Gasteiger partial charge in [0.25, 0.3) is 0 Å². The van der Waals surface area contributed by atoms with Gasteiger partial charge in [-0.2, -0.15) is 0 Å². The van der Waals surface area contributed by atoms with Crippen molar-refractivity contribution >= 4 is 5.97 Å². The van der Waals surface area contributed by atoms with Crippen LogP contribution in [-0.2, 0) is 11.2 Å². The van der Waals surface area contributed by atoms with Crippen molar-refractivity contribution in [1.82, 2.24) is 4.98 Å². The number of benzene rings is 1. The minimum atomic E-state index is -1.01. The van der Waals surface area contributed by atoms with Gasteiger partial charge in [-0.05, 0) is 37.1 Å². The third-order valence-corrected chi connectivity index (χ3v) is 2.87. The van der Waals surface area contributed by atoms with Gasteiger partial charge in [0, 0.05) is 11.8 Å². The zero-order valence-corrected chi connectivity index (χ0v) is 11.1. The summed E-state index contributed by atoms with van der Waals surface area (Å²) in [6, 6.07) is 10.0. The molecule has 1 unspecified atom stereocenters. The van der Waals surface area contributed by atoms with E-state index in [9.17, 15) is 4.79 Å². The van der Waals surface area contributed by atoms with Gasteiger partial charge in [-0.3, -0.25) is 4.79 Å². The Morgan fingerprint density at radius 2 is 2.05 bits per heavy atom. The second-order valence-electron chi connectivity index (χ2n) is 4.52. The molecule has 2 aromatic rings. The smallest absolute Gasteiger partial charge is 0.320 e. The zero-order valence-electron chi connectivity index (χ0n) is 11.1. The number of aryl methyl sites for hydroxylation is 1. The SMILES string of the molecule is Cc1cccnc1Oc1ccc(CC(N)C(=O)O)cc1. The van der Waals surface area contributed by atoms with Crippen LogP contribution in [0.5, 0.6) is 11.6 Å². The zero-order chi connectivity index (χ0) is 14.5. The molecule has 1 heterocycles. The van der Waals surface area contributed by atoms with Gasteiger partial charge in [-0.1, -0.05) is 18.2 Å². The van der Waals surface area contributed by atoms with Crippen LogP contribution >= 0.6 is 0 Å².